The predicted octanol–water partition coefficient (Wildman–Crippen LogP) is 3.12. The molecule has 0 saturated carbocycles. The number of nitrogens with zero attached hydrogens (tertiary/aromatic N) is 1. The van der Waals surface area contributed by atoms with Crippen molar-refractivity contribution >= 4 is 29.2 Å². The fourth-order valence-electron chi connectivity index (χ4n) is 1.83. The minimum absolute atomic E-state index is 0.0398. The molecule has 0 aliphatic heterocycles. The molecule has 1 rings (SSSR count). The van der Waals surface area contributed by atoms with Crippen molar-refractivity contribution in [3.05, 3.63) is 51.1 Å². The molecule has 0 radical (unpaired) electrons. The van der Waals surface area contributed by atoms with E-state index < -0.39 is 22.8 Å². The SMILES string of the molecule is C/C=C/COC(=O)[C@@H](NC(=O)c1ccc(Cl)c([N+](=O)[O-])c1)C(C)C. The highest BCUT2D eigenvalue weighted by Gasteiger charge is 2.26. The maximum absolute atomic E-state index is 12.3. The van der Waals surface area contributed by atoms with E-state index in [4.69, 9.17) is 16.3 Å². The van der Waals surface area contributed by atoms with Crippen molar-refractivity contribution in [2.75, 3.05) is 6.61 Å². The number of hydrogen-bond acceptors (Lipinski definition) is 5. The second-order valence-electron chi connectivity index (χ2n) is 5.32. The first kappa shape index (κ1) is 19.6. The average molecular weight is 355 g/mol. The number of carbonyl (C=O) groups excluding carboxylic acids is 2. The monoisotopic (exact) mass is 354 g/mol. The third kappa shape index (κ3) is 5.34. The van der Waals surface area contributed by atoms with Crippen LogP contribution in [0.15, 0.2) is 30.4 Å². The summed E-state index contributed by atoms with van der Waals surface area (Å²) in [5, 5.41) is 13.4. The largest absolute Gasteiger partial charge is 0.460 e. The maximum atomic E-state index is 12.3. The van der Waals surface area contributed by atoms with Crippen LogP contribution in [-0.4, -0.2) is 29.4 Å². The van der Waals surface area contributed by atoms with Crippen LogP contribution in [0, 0.1) is 16.0 Å². The van der Waals surface area contributed by atoms with Gasteiger partial charge in [0.1, 0.15) is 17.7 Å². The maximum Gasteiger partial charge on any atom is 0.329 e. The van der Waals surface area contributed by atoms with Crippen molar-refractivity contribution in [2.24, 2.45) is 5.92 Å². The molecule has 130 valence electrons. The standard InChI is InChI=1S/C16H19ClN2O5/c1-4-5-8-24-16(21)14(10(2)3)18-15(20)11-6-7-12(17)13(9-11)19(22)23/h4-7,9-10,14H,8H2,1-3H3,(H,18,20)/b5-4+/t14-/m0/s1. The number of amides is 1. The molecular formula is C16H19ClN2O5. The second-order valence-corrected chi connectivity index (χ2v) is 5.72. The van der Waals surface area contributed by atoms with Crippen LogP contribution in [0.25, 0.3) is 0 Å². The topological polar surface area (TPSA) is 98.5 Å². The first-order valence-electron chi connectivity index (χ1n) is 7.30. The van der Waals surface area contributed by atoms with Crippen LogP contribution in [0.3, 0.4) is 0 Å². The van der Waals surface area contributed by atoms with Crippen LogP contribution < -0.4 is 5.32 Å². The number of halogens is 1. The number of benzene rings is 1. The van der Waals surface area contributed by atoms with E-state index in [1.807, 2.05) is 0 Å². The van der Waals surface area contributed by atoms with Gasteiger partial charge in [-0.1, -0.05) is 37.6 Å². The van der Waals surface area contributed by atoms with Crippen molar-refractivity contribution in [3.8, 4) is 0 Å². The summed E-state index contributed by atoms with van der Waals surface area (Å²) in [6.07, 6.45) is 3.41. The summed E-state index contributed by atoms with van der Waals surface area (Å²) in [6.45, 7) is 5.42. The van der Waals surface area contributed by atoms with E-state index >= 15 is 0 Å². The molecule has 0 heterocycles. The van der Waals surface area contributed by atoms with Gasteiger partial charge in [-0.2, -0.15) is 0 Å². The van der Waals surface area contributed by atoms with Crippen molar-refractivity contribution in [1.29, 1.82) is 0 Å². The minimum Gasteiger partial charge on any atom is -0.460 e. The summed E-state index contributed by atoms with van der Waals surface area (Å²) < 4.78 is 5.05. The van der Waals surface area contributed by atoms with Gasteiger partial charge < -0.3 is 10.1 Å². The van der Waals surface area contributed by atoms with Gasteiger partial charge in [-0.05, 0) is 25.0 Å². The molecule has 1 amide bonds. The van der Waals surface area contributed by atoms with Gasteiger partial charge in [0, 0.05) is 11.6 Å². The van der Waals surface area contributed by atoms with E-state index in [1.165, 1.54) is 12.1 Å². The van der Waals surface area contributed by atoms with Gasteiger partial charge in [-0.3, -0.25) is 14.9 Å². The minimum atomic E-state index is -0.863. The summed E-state index contributed by atoms with van der Waals surface area (Å²) in [4.78, 5) is 34.6. The highest BCUT2D eigenvalue weighted by Crippen LogP contribution is 2.25. The molecule has 0 fully saturated rings. The lowest BCUT2D eigenvalue weighted by Crippen LogP contribution is -2.45. The predicted molar refractivity (Wildman–Crippen MR) is 90.0 cm³/mol. The van der Waals surface area contributed by atoms with Crippen LogP contribution in [0.4, 0.5) is 5.69 Å². The zero-order valence-electron chi connectivity index (χ0n) is 13.6. The number of nitrogens with one attached hydrogen (secondary N) is 1. The molecule has 24 heavy (non-hydrogen) atoms. The van der Waals surface area contributed by atoms with Crippen molar-refractivity contribution < 1.29 is 19.2 Å². The highest BCUT2D eigenvalue weighted by atomic mass is 35.5. The Bertz CT molecular complexity index is 658. The molecule has 0 bridgehead atoms. The Balaban J connectivity index is 2.91. The van der Waals surface area contributed by atoms with Gasteiger partial charge in [-0.25, -0.2) is 4.79 Å². The van der Waals surface area contributed by atoms with Crippen LogP contribution in [0.5, 0.6) is 0 Å². The Morgan fingerprint density at radius 1 is 1.42 bits per heavy atom. The van der Waals surface area contributed by atoms with E-state index in [2.05, 4.69) is 5.32 Å². The summed E-state index contributed by atoms with van der Waals surface area (Å²) in [7, 11) is 0. The average Bonchev–Trinajstić information content (AvgIpc) is 2.52. The molecule has 8 heteroatoms. The van der Waals surface area contributed by atoms with E-state index in [9.17, 15) is 19.7 Å². The van der Waals surface area contributed by atoms with Gasteiger partial charge in [0.05, 0.1) is 4.92 Å². The lowest BCUT2D eigenvalue weighted by atomic mass is 10.0. The molecule has 0 saturated heterocycles. The Labute approximate surface area is 144 Å². The number of allylic oxidation sites excluding steroid dienone is 1. The quantitative estimate of drug-likeness (QED) is 0.351. The van der Waals surface area contributed by atoms with Crippen molar-refractivity contribution in [2.45, 2.75) is 26.8 Å². The number of ether oxygens (including phenoxy) is 1. The number of rotatable bonds is 7. The fraction of sp³-hybridized carbons (Fsp3) is 0.375. The highest BCUT2D eigenvalue weighted by molar-refractivity contribution is 6.32. The van der Waals surface area contributed by atoms with Gasteiger partial charge in [0.25, 0.3) is 11.6 Å². The van der Waals surface area contributed by atoms with E-state index in [-0.39, 0.29) is 28.8 Å². The van der Waals surface area contributed by atoms with Gasteiger partial charge >= 0.3 is 5.97 Å². The zero-order chi connectivity index (χ0) is 18.3. The smallest absolute Gasteiger partial charge is 0.329 e. The number of nitro groups is 1. The Hall–Kier alpha value is -2.41. The van der Waals surface area contributed by atoms with Gasteiger partial charge in [0.2, 0.25) is 0 Å². The first-order chi connectivity index (χ1) is 11.3. The van der Waals surface area contributed by atoms with Crippen LogP contribution in [0.1, 0.15) is 31.1 Å². The normalized spacial score (nSPS) is 12.2. The van der Waals surface area contributed by atoms with Crippen LogP contribution >= 0.6 is 11.6 Å². The first-order valence-corrected chi connectivity index (χ1v) is 7.68. The number of esters is 1. The summed E-state index contributed by atoms with van der Waals surface area (Å²) in [5.74, 6) is -1.40. The van der Waals surface area contributed by atoms with Crippen molar-refractivity contribution in [3.63, 3.8) is 0 Å². The summed E-state index contributed by atoms with van der Waals surface area (Å²) in [5.41, 5.74) is -0.334. The molecule has 0 spiro atoms. The molecule has 0 aromatic heterocycles. The number of hydrogen-bond donors (Lipinski definition) is 1. The molecular weight excluding hydrogens is 336 g/mol. The summed E-state index contributed by atoms with van der Waals surface area (Å²) >= 11 is 5.72. The molecule has 0 unspecified atom stereocenters. The molecule has 7 nitrogen and oxygen atoms in total. The van der Waals surface area contributed by atoms with Crippen molar-refractivity contribution in [1.82, 2.24) is 5.32 Å². The molecule has 1 N–H and O–H groups in total. The number of carbonyl (C=O) groups is 2. The van der Waals surface area contributed by atoms with E-state index in [0.29, 0.717) is 0 Å². The summed E-state index contributed by atoms with van der Waals surface area (Å²) in [6, 6.07) is 2.83. The lowest BCUT2D eigenvalue weighted by Gasteiger charge is -2.20. The van der Waals surface area contributed by atoms with Gasteiger partial charge in [-0.15, -0.1) is 0 Å². The fourth-order valence-corrected chi connectivity index (χ4v) is 2.02. The molecule has 0 aliphatic carbocycles. The van der Waals surface area contributed by atoms with Gasteiger partial charge in [0.15, 0.2) is 0 Å². The van der Waals surface area contributed by atoms with E-state index in [1.54, 1.807) is 32.9 Å². The Kier molecular flexibility index (Phi) is 7.38. The molecule has 1 aromatic rings. The second kappa shape index (κ2) is 9.02. The molecule has 1 aromatic carbocycles. The Morgan fingerprint density at radius 2 is 2.08 bits per heavy atom. The number of nitro benzene ring substituents is 1. The van der Waals surface area contributed by atoms with Crippen LogP contribution in [0.2, 0.25) is 5.02 Å². The molecule has 1 atom stereocenters. The zero-order valence-corrected chi connectivity index (χ0v) is 14.4. The van der Waals surface area contributed by atoms with Crippen LogP contribution in [-0.2, 0) is 9.53 Å². The van der Waals surface area contributed by atoms with E-state index in [0.717, 1.165) is 6.07 Å². The Morgan fingerprint density at radius 3 is 2.62 bits per heavy atom. The third-order valence-electron chi connectivity index (χ3n) is 3.17. The lowest BCUT2D eigenvalue weighted by molar-refractivity contribution is -0.384. The third-order valence-corrected chi connectivity index (χ3v) is 3.49. The molecule has 0 aliphatic rings.